The Kier molecular flexibility index (Phi) is 5.72. The van der Waals surface area contributed by atoms with Gasteiger partial charge in [0, 0.05) is 5.56 Å². The lowest BCUT2D eigenvalue weighted by molar-refractivity contribution is 0.384. The van der Waals surface area contributed by atoms with E-state index in [1.165, 1.54) is 18.7 Å². The van der Waals surface area contributed by atoms with Crippen LogP contribution in [0, 0.1) is 5.82 Å². The number of rotatable bonds is 7. The summed E-state index contributed by atoms with van der Waals surface area (Å²) in [5.41, 5.74) is 4.47. The Hall–Kier alpha value is -1.91. The summed E-state index contributed by atoms with van der Waals surface area (Å²) in [6.07, 6.45) is 2.59. The van der Waals surface area contributed by atoms with E-state index >= 15 is 0 Å². The molecule has 1 unspecified atom stereocenters. The predicted octanol–water partition coefficient (Wildman–Crippen LogP) is 3.36. The molecule has 0 bridgehead atoms. The molecule has 21 heavy (non-hydrogen) atoms. The summed E-state index contributed by atoms with van der Waals surface area (Å²) in [7, 11) is 1.54. The summed E-state index contributed by atoms with van der Waals surface area (Å²) in [6.45, 7) is 0. The van der Waals surface area contributed by atoms with Gasteiger partial charge in [0.2, 0.25) is 0 Å². The minimum absolute atomic E-state index is 0.259. The molecule has 4 heteroatoms. The highest BCUT2D eigenvalue weighted by Gasteiger charge is 2.19. The van der Waals surface area contributed by atoms with E-state index in [9.17, 15) is 4.39 Å². The van der Waals surface area contributed by atoms with Crippen molar-refractivity contribution in [2.24, 2.45) is 5.84 Å². The summed E-state index contributed by atoms with van der Waals surface area (Å²) in [4.78, 5) is 0. The average molecular weight is 288 g/mol. The van der Waals surface area contributed by atoms with E-state index in [1.807, 2.05) is 18.2 Å². The molecule has 0 saturated heterocycles. The lowest BCUT2D eigenvalue weighted by Gasteiger charge is -2.19. The van der Waals surface area contributed by atoms with Crippen molar-refractivity contribution in [1.82, 2.24) is 5.43 Å². The zero-order valence-corrected chi connectivity index (χ0v) is 12.2. The van der Waals surface area contributed by atoms with Crippen molar-refractivity contribution >= 4 is 0 Å². The molecule has 0 aliphatic rings. The van der Waals surface area contributed by atoms with Crippen LogP contribution in [0.2, 0.25) is 0 Å². The number of halogens is 1. The maximum atomic E-state index is 14.0. The molecule has 2 aromatic carbocycles. The third-order valence-electron chi connectivity index (χ3n) is 3.58. The largest absolute Gasteiger partial charge is 0.496 e. The Morgan fingerprint density at radius 2 is 1.90 bits per heavy atom. The van der Waals surface area contributed by atoms with Crippen LogP contribution in [0.4, 0.5) is 4.39 Å². The molecular weight excluding hydrogens is 267 g/mol. The van der Waals surface area contributed by atoms with Gasteiger partial charge in [0.15, 0.2) is 0 Å². The van der Waals surface area contributed by atoms with Crippen LogP contribution in [-0.2, 0) is 6.42 Å². The van der Waals surface area contributed by atoms with Gasteiger partial charge < -0.3 is 4.74 Å². The predicted molar refractivity (Wildman–Crippen MR) is 82.4 cm³/mol. The van der Waals surface area contributed by atoms with Crippen LogP contribution >= 0.6 is 0 Å². The molecule has 0 radical (unpaired) electrons. The van der Waals surface area contributed by atoms with Gasteiger partial charge >= 0.3 is 0 Å². The highest BCUT2D eigenvalue weighted by Crippen LogP contribution is 2.30. The first-order valence-electron chi connectivity index (χ1n) is 7.08. The molecule has 112 valence electrons. The van der Waals surface area contributed by atoms with Crippen molar-refractivity contribution in [2.75, 3.05) is 7.11 Å². The maximum absolute atomic E-state index is 14.0. The van der Waals surface area contributed by atoms with Crippen molar-refractivity contribution in [3.05, 3.63) is 65.5 Å². The van der Waals surface area contributed by atoms with Crippen LogP contribution in [0.3, 0.4) is 0 Å². The summed E-state index contributed by atoms with van der Waals surface area (Å²) < 4.78 is 19.3. The maximum Gasteiger partial charge on any atom is 0.131 e. The topological polar surface area (TPSA) is 47.3 Å². The standard InChI is InChI=1S/C17H21FN2O/c1-21-16-12-6-10-14(18)17(16)15(20-19)11-5-9-13-7-3-2-4-8-13/h2-4,6-8,10,12,15,20H,5,9,11,19H2,1H3. The van der Waals surface area contributed by atoms with E-state index in [0.717, 1.165) is 19.3 Å². The van der Waals surface area contributed by atoms with E-state index in [0.29, 0.717) is 11.3 Å². The number of nitrogens with one attached hydrogen (secondary N) is 1. The molecule has 3 nitrogen and oxygen atoms in total. The van der Waals surface area contributed by atoms with Gasteiger partial charge in [-0.05, 0) is 37.0 Å². The first kappa shape index (κ1) is 15.5. The van der Waals surface area contributed by atoms with E-state index in [2.05, 4.69) is 17.6 Å². The Balaban J connectivity index is 2.03. The quantitative estimate of drug-likeness (QED) is 0.606. The van der Waals surface area contributed by atoms with Gasteiger partial charge in [-0.1, -0.05) is 36.4 Å². The van der Waals surface area contributed by atoms with Gasteiger partial charge in [0.1, 0.15) is 11.6 Å². The monoisotopic (exact) mass is 288 g/mol. The first-order valence-corrected chi connectivity index (χ1v) is 7.08. The van der Waals surface area contributed by atoms with Crippen LogP contribution in [-0.4, -0.2) is 7.11 Å². The SMILES string of the molecule is COc1cccc(F)c1C(CCCc1ccccc1)NN. The van der Waals surface area contributed by atoms with Crippen LogP contribution < -0.4 is 16.0 Å². The number of ether oxygens (including phenoxy) is 1. The lowest BCUT2D eigenvalue weighted by Crippen LogP contribution is -2.29. The van der Waals surface area contributed by atoms with Gasteiger partial charge in [-0.2, -0.15) is 0 Å². The smallest absolute Gasteiger partial charge is 0.131 e. The van der Waals surface area contributed by atoms with Crippen LogP contribution in [0.15, 0.2) is 48.5 Å². The molecule has 0 spiro atoms. The fourth-order valence-corrected chi connectivity index (χ4v) is 2.50. The lowest BCUT2D eigenvalue weighted by atomic mass is 9.98. The van der Waals surface area contributed by atoms with E-state index in [-0.39, 0.29) is 11.9 Å². The zero-order valence-electron chi connectivity index (χ0n) is 12.2. The van der Waals surface area contributed by atoms with Crippen molar-refractivity contribution in [3.63, 3.8) is 0 Å². The Morgan fingerprint density at radius 1 is 1.14 bits per heavy atom. The van der Waals surface area contributed by atoms with Gasteiger partial charge in [-0.15, -0.1) is 0 Å². The van der Waals surface area contributed by atoms with E-state index in [1.54, 1.807) is 12.1 Å². The second kappa shape index (κ2) is 7.76. The molecule has 0 aliphatic heterocycles. The normalized spacial score (nSPS) is 12.1. The second-order valence-electron chi connectivity index (χ2n) is 4.95. The fourth-order valence-electron chi connectivity index (χ4n) is 2.50. The fraction of sp³-hybridized carbons (Fsp3) is 0.294. The first-order chi connectivity index (χ1) is 10.3. The summed E-state index contributed by atoms with van der Waals surface area (Å²) in [5, 5.41) is 0. The molecule has 2 rings (SSSR count). The number of nitrogens with two attached hydrogens (primary N) is 1. The number of aryl methyl sites for hydroxylation is 1. The van der Waals surface area contributed by atoms with Crippen LogP contribution in [0.1, 0.15) is 30.0 Å². The van der Waals surface area contributed by atoms with E-state index < -0.39 is 0 Å². The summed E-state index contributed by atoms with van der Waals surface area (Å²) in [6, 6.07) is 14.8. The Morgan fingerprint density at radius 3 is 2.57 bits per heavy atom. The molecule has 0 heterocycles. The second-order valence-corrected chi connectivity index (χ2v) is 4.95. The highest BCUT2D eigenvalue weighted by atomic mass is 19.1. The third-order valence-corrected chi connectivity index (χ3v) is 3.58. The van der Waals surface area contributed by atoms with Gasteiger partial charge in [0.25, 0.3) is 0 Å². The number of methoxy groups -OCH3 is 1. The highest BCUT2D eigenvalue weighted by molar-refractivity contribution is 5.37. The molecule has 3 N–H and O–H groups in total. The summed E-state index contributed by atoms with van der Waals surface area (Å²) in [5.74, 6) is 5.84. The third kappa shape index (κ3) is 4.03. The average Bonchev–Trinajstić information content (AvgIpc) is 2.53. The minimum Gasteiger partial charge on any atom is -0.496 e. The zero-order chi connectivity index (χ0) is 15.1. The number of hydrogen-bond donors (Lipinski definition) is 2. The van der Waals surface area contributed by atoms with Crippen molar-refractivity contribution in [1.29, 1.82) is 0 Å². The minimum atomic E-state index is -0.294. The molecule has 2 aromatic rings. The van der Waals surface area contributed by atoms with Crippen molar-refractivity contribution < 1.29 is 9.13 Å². The molecule has 0 fully saturated rings. The molecule has 1 atom stereocenters. The number of benzene rings is 2. The van der Waals surface area contributed by atoms with E-state index in [4.69, 9.17) is 10.6 Å². The molecule has 0 aromatic heterocycles. The van der Waals surface area contributed by atoms with Gasteiger partial charge in [-0.3, -0.25) is 11.3 Å². The number of hydrazine groups is 1. The van der Waals surface area contributed by atoms with Crippen molar-refractivity contribution in [3.8, 4) is 5.75 Å². The molecule has 0 saturated carbocycles. The van der Waals surface area contributed by atoms with Crippen LogP contribution in [0.5, 0.6) is 5.75 Å². The Labute approximate surface area is 124 Å². The number of hydrogen-bond acceptors (Lipinski definition) is 3. The van der Waals surface area contributed by atoms with Crippen LogP contribution in [0.25, 0.3) is 0 Å². The molecule has 0 aliphatic carbocycles. The molecule has 0 amide bonds. The van der Waals surface area contributed by atoms with Gasteiger partial charge in [0.05, 0.1) is 13.2 Å². The Bertz CT molecular complexity index is 560. The molecular formula is C17H21FN2O. The van der Waals surface area contributed by atoms with Crippen molar-refractivity contribution in [2.45, 2.75) is 25.3 Å². The van der Waals surface area contributed by atoms with Gasteiger partial charge in [-0.25, -0.2) is 4.39 Å². The summed E-state index contributed by atoms with van der Waals surface area (Å²) >= 11 is 0.